The van der Waals surface area contributed by atoms with Crippen LogP contribution in [0.4, 0.5) is 0 Å². The molecule has 13 nitrogen and oxygen atoms in total. The van der Waals surface area contributed by atoms with Crippen molar-refractivity contribution in [3.8, 4) is 12.3 Å². The summed E-state index contributed by atoms with van der Waals surface area (Å²) in [6, 6.07) is -3.87. The van der Waals surface area contributed by atoms with Crippen molar-refractivity contribution in [1.82, 2.24) is 36.1 Å². The zero-order valence-electron chi connectivity index (χ0n) is 30.4. The molecule has 280 valence electrons. The third-order valence-corrected chi connectivity index (χ3v) is 11.8. The summed E-state index contributed by atoms with van der Waals surface area (Å²) < 4.78 is 0. The predicted octanol–water partition coefficient (Wildman–Crippen LogP) is 2.47. The fraction of sp³-hybridized carbons (Fsp3) is 0.641. The molecule has 1 aromatic rings. The van der Waals surface area contributed by atoms with E-state index in [1.54, 1.807) is 4.90 Å². The van der Waals surface area contributed by atoms with Gasteiger partial charge in [0.05, 0.1) is 12.2 Å². The first kappa shape index (κ1) is 38.6. The molecule has 3 aliphatic carbocycles. The molecule has 1 aromatic heterocycles. The Morgan fingerprint density at radius 2 is 1.62 bits per heavy atom. The molecular formula is C39H53N7O6. The number of carbonyl (C=O) groups excluding carboxylic acids is 6. The van der Waals surface area contributed by atoms with Crippen LogP contribution >= 0.6 is 0 Å². The van der Waals surface area contributed by atoms with Crippen LogP contribution in [0.25, 0.3) is 0 Å². The summed E-state index contributed by atoms with van der Waals surface area (Å²) in [6.07, 6.45) is 20.2. The highest BCUT2D eigenvalue weighted by molar-refractivity contribution is 6.38. The molecule has 0 aromatic carbocycles. The van der Waals surface area contributed by atoms with Gasteiger partial charge in [0.25, 0.3) is 11.8 Å². The number of aromatic nitrogens is 2. The molecule has 0 bridgehead atoms. The van der Waals surface area contributed by atoms with Crippen molar-refractivity contribution >= 4 is 35.3 Å². The van der Waals surface area contributed by atoms with Gasteiger partial charge in [0.1, 0.15) is 23.8 Å². The molecule has 5 rings (SSSR count). The van der Waals surface area contributed by atoms with Gasteiger partial charge in [-0.15, -0.1) is 18.9 Å². The van der Waals surface area contributed by atoms with Crippen molar-refractivity contribution < 1.29 is 28.8 Å². The van der Waals surface area contributed by atoms with Gasteiger partial charge in [-0.25, -0.2) is 4.98 Å². The zero-order chi connectivity index (χ0) is 37.4. The average Bonchev–Trinajstić information content (AvgIpc) is 3.45. The highest BCUT2D eigenvalue weighted by Gasteiger charge is 2.69. The molecule has 1 saturated heterocycles. The lowest BCUT2D eigenvalue weighted by Crippen LogP contribution is -2.62. The second-order valence-electron chi connectivity index (χ2n) is 15.4. The topological polar surface area (TPSA) is 180 Å². The Balaban J connectivity index is 1.39. The van der Waals surface area contributed by atoms with Gasteiger partial charge in [0, 0.05) is 31.9 Å². The lowest BCUT2D eigenvalue weighted by atomic mass is 9.81. The van der Waals surface area contributed by atoms with Gasteiger partial charge < -0.3 is 26.2 Å². The number of terminal acetylenes is 1. The van der Waals surface area contributed by atoms with Gasteiger partial charge >= 0.3 is 0 Å². The molecule has 2 heterocycles. The molecule has 1 aliphatic heterocycles. The molecule has 4 N–H and O–H groups in total. The third-order valence-electron chi connectivity index (χ3n) is 11.8. The standard InChI is InChI=1S/C39H53N7O6/c1-5-7-18-27(33(47)37(51)42-19-6-2)43-36(50)32-29-26(39(29,3)4)23-46(32)38(52)31(25-16-12-9-13-17-25)45-35(49)30(24-14-10-8-11-15-24)44-34(48)28-22-40-20-21-41-28/h1,6,20-22,24-27,29-32H,2,7-19,23H2,3-4H3,(H,42,51)(H,43,50)(H,44,48)(H,45,49)/t26-,27?,29-,30-,31-,32-/m0/s1. The number of nitrogens with zero attached hydrogens (tertiary/aromatic N) is 3. The first-order valence-corrected chi connectivity index (χ1v) is 18.8. The number of carbonyl (C=O) groups is 6. The van der Waals surface area contributed by atoms with Crippen LogP contribution in [0.2, 0.25) is 0 Å². The fourth-order valence-corrected chi connectivity index (χ4v) is 8.74. The minimum Gasteiger partial charge on any atom is -0.346 e. The van der Waals surface area contributed by atoms with Crippen LogP contribution < -0.4 is 21.3 Å². The van der Waals surface area contributed by atoms with E-state index >= 15 is 0 Å². The van der Waals surface area contributed by atoms with Gasteiger partial charge in [-0.1, -0.05) is 58.4 Å². The highest BCUT2D eigenvalue weighted by Crippen LogP contribution is 2.65. The molecule has 13 heteroatoms. The summed E-state index contributed by atoms with van der Waals surface area (Å²) in [7, 11) is 0. The number of fused-ring (bicyclic) bond motifs is 1. The van der Waals surface area contributed by atoms with Gasteiger partial charge in [-0.3, -0.25) is 33.8 Å². The van der Waals surface area contributed by atoms with Crippen molar-refractivity contribution in [3.05, 3.63) is 36.9 Å². The number of Topliss-reactive ketones (excluding diaryl/α,β-unsaturated/α-hetero) is 1. The molecule has 4 fully saturated rings. The van der Waals surface area contributed by atoms with Crippen LogP contribution in [-0.2, 0) is 24.0 Å². The molecule has 52 heavy (non-hydrogen) atoms. The van der Waals surface area contributed by atoms with E-state index < -0.39 is 53.6 Å². The van der Waals surface area contributed by atoms with Crippen molar-refractivity contribution in [2.45, 2.75) is 115 Å². The summed E-state index contributed by atoms with van der Waals surface area (Å²) in [6.45, 7) is 8.08. The van der Waals surface area contributed by atoms with E-state index in [0.29, 0.717) is 6.54 Å². The SMILES string of the molecule is C#CCCC(NC(=O)[C@@H]1[C@@H]2[C@H](CN1C(=O)[C@@H](NC(=O)[C@@H](NC(=O)c1cnccn1)C1CCCCC1)C1CCCCC1)C2(C)C)C(=O)C(=O)NCC=C. The van der Waals surface area contributed by atoms with Crippen LogP contribution in [0.3, 0.4) is 0 Å². The van der Waals surface area contributed by atoms with Crippen molar-refractivity contribution in [2.24, 2.45) is 29.1 Å². The number of likely N-dealkylation sites (tertiary alicyclic amines) is 1. The Morgan fingerprint density at radius 3 is 2.21 bits per heavy atom. The molecule has 0 radical (unpaired) electrons. The number of piperidine rings is 1. The quantitative estimate of drug-likeness (QED) is 0.122. The number of ketones is 1. The Bertz CT molecular complexity index is 1550. The molecule has 0 spiro atoms. The fourth-order valence-electron chi connectivity index (χ4n) is 8.74. The van der Waals surface area contributed by atoms with E-state index in [4.69, 9.17) is 6.42 Å². The van der Waals surface area contributed by atoms with Gasteiger partial charge in [-0.2, -0.15) is 0 Å². The van der Waals surface area contributed by atoms with Crippen LogP contribution in [0.5, 0.6) is 0 Å². The van der Waals surface area contributed by atoms with Crippen molar-refractivity contribution in [3.63, 3.8) is 0 Å². The Morgan fingerprint density at radius 1 is 0.962 bits per heavy atom. The number of hydrogen-bond acceptors (Lipinski definition) is 8. The third kappa shape index (κ3) is 8.70. The molecule has 6 atom stereocenters. The van der Waals surface area contributed by atoms with Crippen LogP contribution in [0, 0.1) is 41.4 Å². The van der Waals surface area contributed by atoms with E-state index in [1.165, 1.54) is 24.7 Å². The van der Waals surface area contributed by atoms with Crippen molar-refractivity contribution in [2.75, 3.05) is 13.1 Å². The Kier molecular flexibility index (Phi) is 12.8. The largest absolute Gasteiger partial charge is 0.346 e. The second kappa shape index (κ2) is 17.3. The lowest BCUT2D eigenvalue weighted by molar-refractivity contribution is -0.146. The number of rotatable bonds is 15. The maximum Gasteiger partial charge on any atom is 0.289 e. The summed E-state index contributed by atoms with van der Waals surface area (Å²) >= 11 is 0. The van der Waals surface area contributed by atoms with E-state index in [9.17, 15) is 28.8 Å². The molecular weight excluding hydrogens is 662 g/mol. The number of hydrogen-bond donors (Lipinski definition) is 4. The molecule has 1 unspecified atom stereocenters. The predicted molar refractivity (Wildman–Crippen MR) is 193 cm³/mol. The molecule has 5 amide bonds. The summed E-state index contributed by atoms with van der Waals surface area (Å²) in [5.41, 5.74) is -0.125. The van der Waals surface area contributed by atoms with Crippen LogP contribution in [-0.4, -0.2) is 87.4 Å². The van der Waals surface area contributed by atoms with Gasteiger partial charge in [0.15, 0.2) is 0 Å². The van der Waals surface area contributed by atoms with E-state index in [0.717, 1.165) is 64.2 Å². The zero-order valence-corrected chi connectivity index (χ0v) is 30.4. The van der Waals surface area contributed by atoms with Gasteiger partial charge in [-0.05, 0) is 61.2 Å². The van der Waals surface area contributed by atoms with E-state index in [-0.39, 0.29) is 60.1 Å². The lowest BCUT2D eigenvalue weighted by Gasteiger charge is -2.38. The van der Waals surface area contributed by atoms with E-state index in [1.807, 2.05) is 0 Å². The number of nitrogens with one attached hydrogen (secondary N) is 4. The maximum atomic E-state index is 14.8. The average molecular weight is 716 g/mol. The minimum absolute atomic E-state index is 0.0481. The smallest absolute Gasteiger partial charge is 0.289 e. The van der Waals surface area contributed by atoms with Gasteiger partial charge in [0.2, 0.25) is 23.5 Å². The summed E-state index contributed by atoms with van der Waals surface area (Å²) in [5.74, 6) is -1.40. The van der Waals surface area contributed by atoms with Crippen LogP contribution in [0.1, 0.15) is 101 Å². The van der Waals surface area contributed by atoms with Crippen molar-refractivity contribution in [1.29, 1.82) is 0 Å². The molecule has 4 aliphatic rings. The number of amides is 5. The Hall–Kier alpha value is -4.60. The second-order valence-corrected chi connectivity index (χ2v) is 15.4. The maximum absolute atomic E-state index is 14.8. The monoisotopic (exact) mass is 715 g/mol. The van der Waals surface area contributed by atoms with E-state index in [2.05, 4.69) is 57.6 Å². The summed E-state index contributed by atoms with van der Waals surface area (Å²) in [5, 5.41) is 11.3. The first-order valence-electron chi connectivity index (χ1n) is 18.8. The molecule has 3 saturated carbocycles. The first-order chi connectivity index (χ1) is 25.0. The van der Waals surface area contributed by atoms with Crippen LogP contribution in [0.15, 0.2) is 31.2 Å². The minimum atomic E-state index is -1.17. The highest BCUT2D eigenvalue weighted by atomic mass is 16.2. The Labute approximate surface area is 306 Å². The summed E-state index contributed by atoms with van der Waals surface area (Å²) in [4.78, 5) is 92.0. The normalized spacial score (nSPS) is 24.2.